The summed E-state index contributed by atoms with van der Waals surface area (Å²) in [6, 6.07) is 9.96. The van der Waals surface area contributed by atoms with Gasteiger partial charge in [-0.25, -0.2) is 0 Å². The molecule has 96 valence electrons. The predicted molar refractivity (Wildman–Crippen MR) is 68.9 cm³/mol. The molecule has 0 aromatic heterocycles. The van der Waals surface area contributed by atoms with E-state index in [2.05, 4.69) is 5.32 Å². The number of nitriles is 2. The first-order valence-corrected chi connectivity index (χ1v) is 5.80. The Kier molecular flexibility index (Phi) is 5.79. The molecule has 2 rings (SSSR count). The second-order valence-electron chi connectivity index (χ2n) is 4.29. The Labute approximate surface area is 140 Å². The van der Waals surface area contributed by atoms with Gasteiger partial charge in [0, 0.05) is 11.6 Å². The first-order valence-electron chi connectivity index (χ1n) is 5.80. The molecule has 6 heteroatoms. The molecular weight excluding hydrogens is 265 g/mol. The number of benzene rings is 1. The third-order valence-corrected chi connectivity index (χ3v) is 2.83. The molecule has 0 atom stereocenters. The Balaban J connectivity index is 0.00000200. The molecule has 5 nitrogen and oxygen atoms in total. The molecule has 1 aromatic carbocycles. The summed E-state index contributed by atoms with van der Waals surface area (Å²) in [6.07, 6.45) is 1.61. The van der Waals surface area contributed by atoms with Gasteiger partial charge in [-0.05, 0) is 37.1 Å². The zero-order valence-corrected chi connectivity index (χ0v) is 13.1. The summed E-state index contributed by atoms with van der Waals surface area (Å²) in [5, 5.41) is 29.8. The monoisotopic (exact) mass is 277 g/mol. The van der Waals surface area contributed by atoms with Crippen molar-refractivity contribution in [2.75, 3.05) is 5.32 Å². The summed E-state index contributed by atoms with van der Waals surface area (Å²) < 4.78 is 0. The molecule has 0 saturated heterocycles. The van der Waals surface area contributed by atoms with E-state index in [-0.39, 0.29) is 48.2 Å². The van der Waals surface area contributed by atoms with Crippen LogP contribution in [-0.4, -0.2) is 11.0 Å². The van der Waals surface area contributed by atoms with Gasteiger partial charge in [0.05, 0.1) is 11.6 Å². The quantitative estimate of drug-likeness (QED) is 0.332. The van der Waals surface area contributed by atoms with Gasteiger partial charge in [-0.2, -0.15) is 10.5 Å². The number of hydrogen-bond donors (Lipinski definition) is 2. The van der Waals surface area contributed by atoms with Crippen molar-refractivity contribution in [3.63, 3.8) is 0 Å². The standard InChI is InChI=1S/C14H11N3O2.Na.H/c15-7-9-1-5-11(6-2-9)17-14(19)12(8-16)13(18)10-3-4-10;;/h1-2,5-6,10,18H,3-4H2,(H,17,19);;/q;+1;-1/b13-12+;;. The molecule has 20 heavy (non-hydrogen) atoms. The molecule has 1 aliphatic carbocycles. The number of aliphatic hydroxyl groups excluding tert-OH is 1. The van der Waals surface area contributed by atoms with Gasteiger partial charge < -0.3 is 11.8 Å². The van der Waals surface area contributed by atoms with E-state index in [0.29, 0.717) is 11.3 Å². The zero-order valence-electron chi connectivity index (χ0n) is 12.1. The van der Waals surface area contributed by atoms with Crippen LogP contribution in [0.15, 0.2) is 35.6 Å². The average molecular weight is 277 g/mol. The molecule has 1 aliphatic rings. The van der Waals surface area contributed by atoms with Crippen molar-refractivity contribution in [3.8, 4) is 12.1 Å². The molecular formula is C14H12N3NaO2. The van der Waals surface area contributed by atoms with Crippen LogP contribution >= 0.6 is 0 Å². The number of nitrogens with zero attached hydrogens (tertiary/aromatic N) is 2. The minimum Gasteiger partial charge on any atom is -1.00 e. The van der Waals surface area contributed by atoms with Gasteiger partial charge in [0.2, 0.25) is 0 Å². The van der Waals surface area contributed by atoms with E-state index in [1.807, 2.05) is 6.07 Å². The van der Waals surface area contributed by atoms with Gasteiger partial charge in [-0.3, -0.25) is 4.79 Å². The Morgan fingerprint density at radius 2 is 1.90 bits per heavy atom. The molecule has 1 saturated carbocycles. The SMILES string of the molecule is N#C/C(C(=O)Nc1ccc(C#N)cc1)=C(\O)C1CC1.[H-].[Na+]. The molecule has 0 radical (unpaired) electrons. The summed E-state index contributed by atoms with van der Waals surface area (Å²) in [7, 11) is 0. The van der Waals surface area contributed by atoms with E-state index in [0.717, 1.165) is 12.8 Å². The van der Waals surface area contributed by atoms with E-state index >= 15 is 0 Å². The maximum absolute atomic E-state index is 11.9. The van der Waals surface area contributed by atoms with E-state index in [4.69, 9.17) is 10.5 Å². The van der Waals surface area contributed by atoms with Crippen molar-refractivity contribution in [3.05, 3.63) is 41.2 Å². The molecule has 0 unspecified atom stereocenters. The van der Waals surface area contributed by atoms with Crippen molar-refractivity contribution in [1.29, 1.82) is 10.5 Å². The second kappa shape index (κ2) is 7.12. The number of allylic oxidation sites excluding steroid dienone is 1. The van der Waals surface area contributed by atoms with Gasteiger partial charge in [0.15, 0.2) is 5.57 Å². The van der Waals surface area contributed by atoms with Crippen LogP contribution in [-0.2, 0) is 4.79 Å². The average Bonchev–Trinajstić information content (AvgIpc) is 3.24. The molecule has 2 N–H and O–H groups in total. The summed E-state index contributed by atoms with van der Waals surface area (Å²) in [5.41, 5.74) is 0.710. The Hall–Kier alpha value is -1.79. The Morgan fingerprint density at radius 3 is 2.35 bits per heavy atom. The Bertz CT molecular complexity index is 625. The van der Waals surface area contributed by atoms with E-state index < -0.39 is 5.91 Å². The van der Waals surface area contributed by atoms with Crippen molar-refractivity contribution in [2.24, 2.45) is 5.92 Å². The normalized spacial score (nSPS) is 14.1. The second-order valence-corrected chi connectivity index (χ2v) is 4.29. The summed E-state index contributed by atoms with van der Waals surface area (Å²) in [5.74, 6) is -0.813. The molecule has 0 bridgehead atoms. The number of hydrogen-bond acceptors (Lipinski definition) is 4. The van der Waals surface area contributed by atoms with Crippen LogP contribution in [0, 0.1) is 28.6 Å². The number of carbonyl (C=O) groups is 1. The Morgan fingerprint density at radius 1 is 1.30 bits per heavy atom. The van der Waals surface area contributed by atoms with Crippen LogP contribution < -0.4 is 34.9 Å². The number of rotatable bonds is 3. The van der Waals surface area contributed by atoms with Crippen molar-refractivity contribution < 1.29 is 40.9 Å². The van der Waals surface area contributed by atoms with Crippen LogP contribution in [0.1, 0.15) is 19.8 Å². The smallest absolute Gasteiger partial charge is 1.00 e. The maximum atomic E-state index is 11.9. The molecule has 0 aliphatic heterocycles. The van der Waals surface area contributed by atoms with Crippen molar-refractivity contribution >= 4 is 11.6 Å². The molecule has 1 aromatic rings. The van der Waals surface area contributed by atoms with Crippen molar-refractivity contribution in [1.82, 2.24) is 0 Å². The first-order chi connectivity index (χ1) is 9.15. The summed E-state index contributed by atoms with van der Waals surface area (Å²) in [4.78, 5) is 11.9. The van der Waals surface area contributed by atoms with Gasteiger partial charge in [0.1, 0.15) is 11.8 Å². The van der Waals surface area contributed by atoms with Crippen LogP contribution in [0.5, 0.6) is 0 Å². The van der Waals surface area contributed by atoms with Gasteiger partial charge in [-0.1, -0.05) is 0 Å². The zero-order chi connectivity index (χ0) is 13.8. The van der Waals surface area contributed by atoms with Crippen molar-refractivity contribution in [2.45, 2.75) is 12.8 Å². The molecule has 0 spiro atoms. The van der Waals surface area contributed by atoms with Crippen LogP contribution in [0.2, 0.25) is 0 Å². The summed E-state index contributed by atoms with van der Waals surface area (Å²) >= 11 is 0. The fourth-order valence-corrected chi connectivity index (χ4v) is 1.61. The molecule has 1 amide bonds. The molecule has 1 fully saturated rings. The molecule has 0 heterocycles. The van der Waals surface area contributed by atoms with Crippen LogP contribution in [0.4, 0.5) is 5.69 Å². The maximum Gasteiger partial charge on any atom is 1.00 e. The van der Waals surface area contributed by atoms with Gasteiger partial charge in [-0.15, -0.1) is 0 Å². The number of amides is 1. The van der Waals surface area contributed by atoms with Crippen LogP contribution in [0.25, 0.3) is 0 Å². The van der Waals surface area contributed by atoms with E-state index in [1.165, 1.54) is 0 Å². The fraction of sp³-hybridized carbons (Fsp3) is 0.214. The number of carbonyl (C=O) groups excluding carboxylic acids is 1. The van der Waals surface area contributed by atoms with Gasteiger partial charge in [0.25, 0.3) is 5.91 Å². The number of aliphatic hydroxyl groups is 1. The van der Waals surface area contributed by atoms with Gasteiger partial charge >= 0.3 is 29.6 Å². The summed E-state index contributed by atoms with van der Waals surface area (Å²) in [6.45, 7) is 0. The minimum atomic E-state index is -0.628. The number of nitrogens with one attached hydrogen (secondary N) is 1. The largest absolute Gasteiger partial charge is 1.00 e. The first kappa shape index (κ1) is 16.3. The van der Waals surface area contributed by atoms with Crippen LogP contribution in [0.3, 0.4) is 0 Å². The third-order valence-electron chi connectivity index (χ3n) is 2.83. The topological polar surface area (TPSA) is 96.9 Å². The third kappa shape index (κ3) is 3.85. The van der Waals surface area contributed by atoms with E-state index in [1.54, 1.807) is 30.3 Å². The minimum absolute atomic E-state index is 0. The predicted octanol–water partition coefficient (Wildman–Crippen LogP) is -0.641. The number of anilines is 1. The van der Waals surface area contributed by atoms with E-state index in [9.17, 15) is 9.90 Å². The fourth-order valence-electron chi connectivity index (χ4n) is 1.61.